The molecule has 0 aromatic carbocycles. The van der Waals surface area contributed by atoms with Crippen LogP contribution < -0.4 is 11.1 Å². The molecule has 0 saturated heterocycles. The predicted molar refractivity (Wildman–Crippen MR) is 86.4 cm³/mol. The third-order valence-electron chi connectivity index (χ3n) is 3.35. The Kier molecular flexibility index (Phi) is 7.58. The van der Waals surface area contributed by atoms with E-state index in [9.17, 15) is 4.79 Å². The number of hydrogen-bond donors (Lipinski definition) is 2. The van der Waals surface area contributed by atoms with Crippen LogP contribution in [0.3, 0.4) is 0 Å². The Morgan fingerprint density at radius 1 is 1.33 bits per heavy atom. The molecule has 5 heteroatoms. The van der Waals surface area contributed by atoms with Crippen LogP contribution in [0.15, 0.2) is 12.3 Å². The molecule has 1 heterocycles. The smallest absolute Gasteiger partial charge is 0.340 e. The molecule has 0 saturated carbocycles. The molecular weight excluding hydrogens is 266 g/mol. The van der Waals surface area contributed by atoms with Crippen LogP contribution in [0, 0.1) is 5.92 Å². The van der Waals surface area contributed by atoms with Crippen molar-refractivity contribution in [1.29, 1.82) is 0 Å². The number of rotatable bonds is 9. The summed E-state index contributed by atoms with van der Waals surface area (Å²) in [4.78, 5) is 15.7. The average Bonchev–Trinajstić information content (AvgIpc) is 2.46. The zero-order chi connectivity index (χ0) is 15.7. The summed E-state index contributed by atoms with van der Waals surface area (Å²) < 4.78 is 4.69. The summed E-state index contributed by atoms with van der Waals surface area (Å²) in [6.07, 6.45) is 7.65. The number of methoxy groups -OCH3 is 1. The van der Waals surface area contributed by atoms with Crippen molar-refractivity contribution in [3.05, 3.63) is 17.8 Å². The zero-order valence-electron chi connectivity index (χ0n) is 13.3. The number of esters is 1. The van der Waals surface area contributed by atoms with Gasteiger partial charge in [0.25, 0.3) is 0 Å². The normalized spacial score (nSPS) is 10.7. The number of anilines is 2. The summed E-state index contributed by atoms with van der Waals surface area (Å²) in [5.41, 5.74) is 6.40. The highest BCUT2D eigenvalue weighted by atomic mass is 16.5. The molecule has 1 aromatic heterocycles. The fourth-order valence-electron chi connectivity index (χ4n) is 2.10. The van der Waals surface area contributed by atoms with E-state index in [1.54, 1.807) is 6.07 Å². The van der Waals surface area contributed by atoms with Crippen LogP contribution in [0.2, 0.25) is 0 Å². The van der Waals surface area contributed by atoms with Gasteiger partial charge in [-0.15, -0.1) is 0 Å². The van der Waals surface area contributed by atoms with E-state index in [1.807, 2.05) is 0 Å². The molecular formula is C16H27N3O2. The zero-order valence-corrected chi connectivity index (χ0v) is 13.3. The maximum atomic E-state index is 11.5. The molecule has 0 atom stereocenters. The predicted octanol–water partition coefficient (Wildman–Crippen LogP) is 3.47. The molecule has 0 radical (unpaired) electrons. The molecule has 0 spiro atoms. The second-order valence-corrected chi connectivity index (χ2v) is 5.67. The lowest BCUT2D eigenvalue weighted by Crippen LogP contribution is -2.09. The molecule has 1 aromatic rings. The highest BCUT2D eigenvalue weighted by Gasteiger charge is 2.11. The second-order valence-electron chi connectivity index (χ2n) is 5.67. The van der Waals surface area contributed by atoms with Crippen LogP contribution >= 0.6 is 0 Å². The molecule has 118 valence electrons. The number of ether oxygens (including phenoxy) is 1. The largest absolute Gasteiger partial charge is 0.465 e. The maximum absolute atomic E-state index is 11.5. The van der Waals surface area contributed by atoms with E-state index in [0.29, 0.717) is 17.1 Å². The molecule has 21 heavy (non-hydrogen) atoms. The number of carbonyl (C=O) groups is 1. The van der Waals surface area contributed by atoms with Crippen molar-refractivity contribution in [1.82, 2.24) is 4.98 Å². The third kappa shape index (κ3) is 6.47. The Hall–Kier alpha value is -1.78. The first-order chi connectivity index (χ1) is 10.0. The highest BCUT2D eigenvalue weighted by Crippen LogP contribution is 2.16. The van der Waals surface area contributed by atoms with Gasteiger partial charge in [0.05, 0.1) is 24.6 Å². The summed E-state index contributed by atoms with van der Waals surface area (Å²) in [6.45, 7) is 5.36. The van der Waals surface area contributed by atoms with Crippen molar-refractivity contribution in [3.8, 4) is 0 Å². The molecule has 0 amide bonds. The number of pyridine rings is 1. The fourth-order valence-corrected chi connectivity index (χ4v) is 2.10. The third-order valence-corrected chi connectivity index (χ3v) is 3.35. The van der Waals surface area contributed by atoms with E-state index in [1.165, 1.54) is 39.0 Å². The minimum absolute atomic E-state index is 0.334. The number of nitrogens with one attached hydrogen (secondary N) is 1. The van der Waals surface area contributed by atoms with Gasteiger partial charge in [-0.05, 0) is 18.4 Å². The molecule has 0 bridgehead atoms. The minimum Gasteiger partial charge on any atom is -0.465 e. The van der Waals surface area contributed by atoms with Gasteiger partial charge < -0.3 is 15.8 Å². The quantitative estimate of drug-likeness (QED) is 0.538. The molecule has 1 rings (SSSR count). The van der Waals surface area contributed by atoms with Crippen LogP contribution in [0.1, 0.15) is 56.3 Å². The molecule has 5 nitrogen and oxygen atoms in total. The van der Waals surface area contributed by atoms with Gasteiger partial charge in [-0.3, -0.25) is 0 Å². The molecule has 0 aliphatic carbocycles. The van der Waals surface area contributed by atoms with Crippen molar-refractivity contribution in [2.45, 2.75) is 46.0 Å². The van der Waals surface area contributed by atoms with Gasteiger partial charge in [0.1, 0.15) is 5.82 Å². The van der Waals surface area contributed by atoms with E-state index in [2.05, 4.69) is 28.9 Å². The van der Waals surface area contributed by atoms with Crippen LogP contribution in [0.4, 0.5) is 11.5 Å². The van der Waals surface area contributed by atoms with Crippen LogP contribution in [0.25, 0.3) is 0 Å². The molecule has 0 aliphatic heterocycles. The Balaban J connectivity index is 2.31. The number of hydrogen-bond acceptors (Lipinski definition) is 5. The fraction of sp³-hybridized carbons (Fsp3) is 0.625. The Labute approximate surface area is 127 Å². The minimum atomic E-state index is -0.438. The second kappa shape index (κ2) is 9.21. The van der Waals surface area contributed by atoms with E-state index < -0.39 is 5.97 Å². The van der Waals surface area contributed by atoms with Gasteiger partial charge in [-0.2, -0.15) is 0 Å². The summed E-state index contributed by atoms with van der Waals surface area (Å²) in [5.74, 6) is 1.01. The van der Waals surface area contributed by atoms with Gasteiger partial charge in [0, 0.05) is 6.54 Å². The lowest BCUT2D eigenvalue weighted by atomic mass is 10.0. The van der Waals surface area contributed by atoms with Crippen molar-refractivity contribution >= 4 is 17.5 Å². The van der Waals surface area contributed by atoms with Gasteiger partial charge in [-0.25, -0.2) is 9.78 Å². The van der Waals surface area contributed by atoms with E-state index in [0.717, 1.165) is 18.9 Å². The lowest BCUT2D eigenvalue weighted by molar-refractivity contribution is 0.0602. The summed E-state index contributed by atoms with van der Waals surface area (Å²) in [6, 6.07) is 1.64. The topological polar surface area (TPSA) is 77.2 Å². The number of unbranched alkanes of at least 4 members (excludes halogenated alkanes) is 3. The Morgan fingerprint density at radius 2 is 2.05 bits per heavy atom. The van der Waals surface area contributed by atoms with Gasteiger partial charge in [0.15, 0.2) is 0 Å². The monoisotopic (exact) mass is 293 g/mol. The number of nitrogens with two attached hydrogens (primary N) is 1. The van der Waals surface area contributed by atoms with E-state index in [-0.39, 0.29) is 0 Å². The first kappa shape index (κ1) is 17.3. The van der Waals surface area contributed by atoms with Gasteiger partial charge >= 0.3 is 5.97 Å². The van der Waals surface area contributed by atoms with Crippen molar-refractivity contribution < 1.29 is 9.53 Å². The van der Waals surface area contributed by atoms with Gasteiger partial charge in [-0.1, -0.05) is 39.5 Å². The van der Waals surface area contributed by atoms with Crippen LogP contribution in [-0.2, 0) is 4.74 Å². The maximum Gasteiger partial charge on any atom is 0.340 e. The highest BCUT2D eigenvalue weighted by molar-refractivity contribution is 5.95. The molecule has 3 N–H and O–H groups in total. The Morgan fingerprint density at radius 3 is 2.71 bits per heavy atom. The number of aromatic nitrogens is 1. The van der Waals surface area contributed by atoms with Gasteiger partial charge in [0.2, 0.25) is 0 Å². The first-order valence-electron chi connectivity index (χ1n) is 7.62. The summed E-state index contributed by atoms with van der Waals surface area (Å²) in [5, 5.41) is 3.22. The van der Waals surface area contributed by atoms with Crippen molar-refractivity contribution in [2.75, 3.05) is 24.7 Å². The molecule has 0 unspecified atom stereocenters. The summed E-state index contributed by atoms with van der Waals surface area (Å²) in [7, 11) is 1.34. The van der Waals surface area contributed by atoms with E-state index in [4.69, 9.17) is 5.73 Å². The molecule has 0 fully saturated rings. The van der Waals surface area contributed by atoms with Crippen LogP contribution in [-0.4, -0.2) is 24.6 Å². The number of carbonyl (C=O) groups excluding carboxylic acids is 1. The summed E-state index contributed by atoms with van der Waals surface area (Å²) >= 11 is 0. The lowest BCUT2D eigenvalue weighted by Gasteiger charge is -2.09. The SMILES string of the molecule is COC(=O)c1cc(NCCCCCCC(C)C)ncc1N. The Bertz CT molecular complexity index is 447. The van der Waals surface area contributed by atoms with Crippen LogP contribution in [0.5, 0.6) is 0 Å². The number of nitrogens with zero attached hydrogens (tertiary/aromatic N) is 1. The first-order valence-corrected chi connectivity index (χ1v) is 7.62. The number of nitrogen functional groups attached to an aromatic ring is 1. The molecule has 0 aliphatic rings. The standard InChI is InChI=1S/C16H27N3O2/c1-12(2)8-6-4-5-7-9-18-15-10-13(16(20)21-3)14(17)11-19-15/h10-12H,4-9,17H2,1-3H3,(H,18,19). The van der Waals surface area contributed by atoms with Crippen molar-refractivity contribution in [3.63, 3.8) is 0 Å². The van der Waals surface area contributed by atoms with E-state index >= 15 is 0 Å². The average molecular weight is 293 g/mol. The van der Waals surface area contributed by atoms with Crippen molar-refractivity contribution in [2.24, 2.45) is 5.92 Å².